The van der Waals surface area contributed by atoms with E-state index in [1.54, 1.807) is 25.1 Å². The standard InChI is InChI=1S/C20H27NO5/c1-6-16(22)14-7-8-17-15(9-14)21(10-18(23)25-11-12(2)3)20(24)19(26-17)13(4)5/h7-9,12-13,19H,6,10-11H2,1-5H3. The molecule has 1 heterocycles. The van der Waals surface area contributed by atoms with Crippen molar-refractivity contribution in [2.24, 2.45) is 11.8 Å². The van der Waals surface area contributed by atoms with Crippen LogP contribution in [-0.4, -0.2) is 36.9 Å². The number of ketones is 1. The van der Waals surface area contributed by atoms with Crippen molar-refractivity contribution in [3.63, 3.8) is 0 Å². The Morgan fingerprint density at radius 2 is 1.92 bits per heavy atom. The van der Waals surface area contributed by atoms with Crippen LogP contribution in [0.4, 0.5) is 5.69 Å². The number of amides is 1. The van der Waals surface area contributed by atoms with Crippen molar-refractivity contribution in [1.29, 1.82) is 0 Å². The van der Waals surface area contributed by atoms with Crippen LogP contribution < -0.4 is 9.64 Å². The van der Waals surface area contributed by atoms with Crippen molar-refractivity contribution in [3.05, 3.63) is 23.8 Å². The van der Waals surface area contributed by atoms with E-state index in [0.29, 0.717) is 30.0 Å². The van der Waals surface area contributed by atoms with Crippen LogP contribution >= 0.6 is 0 Å². The molecule has 142 valence electrons. The van der Waals surface area contributed by atoms with Crippen LogP contribution in [0.25, 0.3) is 0 Å². The second-order valence-corrected chi connectivity index (χ2v) is 7.24. The molecule has 0 spiro atoms. The maximum atomic E-state index is 12.9. The Hall–Kier alpha value is -2.37. The summed E-state index contributed by atoms with van der Waals surface area (Å²) in [6, 6.07) is 4.99. The molecule has 0 bridgehead atoms. The van der Waals surface area contributed by atoms with Crippen molar-refractivity contribution >= 4 is 23.3 Å². The first-order valence-electron chi connectivity index (χ1n) is 9.05. The van der Waals surface area contributed by atoms with Gasteiger partial charge in [0, 0.05) is 12.0 Å². The van der Waals surface area contributed by atoms with Crippen LogP contribution in [0.5, 0.6) is 5.75 Å². The summed E-state index contributed by atoms with van der Waals surface area (Å²) in [5.41, 5.74) is 0.930. The molecular weight excluding hydrogens is 334 g/mol. The number of fused-ring (bicyclic) bond motifs is 1. The lowest BCUT2D eigenvalue weighted by Crippen LogP contribution is -2.50. The number of esters is 1. The highest BCUT2D eigenvalue weighted by Gasteiger charge is 2.37. The molecule has 26 heavy (non-hydrogen) atoms. The van der Waals surface area contributed by atoms with Gasteiger partial charge in [-0.15, -0.1) is 0 Å². The number of rotatable bonds is 7. The molecule has 0 saturated heterocycles. The van der Waals surface area contributed by atoms with Gasteiger partial charge in [0.15, 0.2) is 11.9 Å². The van der Waals surface area contributed by atoms with Gasteiger partial charge in [-0.25, -0.2) is 0 Å². The summed E-state index contributed by atoms with van der Waals surface area (Å²) in [6.07, 6.45) is -0.313. The summed E-state index contributed by atoms with van der Waals surface area (Å²) in [6.45, 7) is 9.54. The number of carbonyl (C=O) groups excluding carboxylic acids is 3. The molecule has 1 unspecified atom stereocenters. The van der Waals surface area contributed by atoms with Crippen molar-refractivity contribution < 1.29 is 23.9 Å². The number of ether oxygens (including phenoxy) is 2. The topological polar surface area (TPSA) is 72.9 Å². The fourth-order valence-electron chi connectivity index (χ4n) is 2.68. The molecule has 1 aliphatic heterocycles. The predicted octanol–water partition coefficient (Wildman–Crippen LogP) is 3.23. The third kappa shape index (κ3) is 4.42. The van der Waals surface area contributed by atoms with E-state index in [2.05, 4.69) is 0 Å². The molecule has 0 saturated carbocycles. The van der Waals surface area contributed by atoms with Gasteiger partial charge in [0.1, 0.15) is 12.3 Å². The van der Waals surface area contributed by atoms with E-state index in [1.165, 1.54) is 4.90 Å². The Balaban J connectivity index is 2.35. The van der Waals surface area contributed by atoms with Crippen molar-refractivity contribution in [2.45, 2.75) is 47.1 Å². The molecule has 6 nitrogen and oxygen atoms in total. The lowest BCUT2D eigenvalue weighted by atomic mass is 10.0. The number of anilines is 1. The van der Waals surface area contributed by atoms with Crippen LogP contribution in [0, 0.1) is 11.8 Å². The third-order valence-electron chi connectivity index (χ3n) is 4.13. The van der Waals surface area contributed by atoms with Gasteiger partial charge < -0.3 is 9.47 Å². The largest absolute Gasteiger partial charge is 0.478 e. The number of nitrogens with zero attached hydrogens (tertiary/aromatic N) is 1. The zero-order valence-corrected chi connectivity index (χ0v) is 16.1. The van der Waals surface area contributed by atoms with E-state index in [1.807, 2.05) is 27.7 Å². The molecule has 6 heteroatoms. The fraction of sp³-hybridized carbons (Fsp3) is 0.550. The quantitative estimate of drug-likeness (QED) is 0.551. The Labute approximate surface area is 154 Å². The van der Waals surface area contributed by atoms with Crippen LogP contribution in [-0.2, 0) is 14.3 Å². The minimum atomic E-state index is -0.673. The first-order chi connectivity index (χ1) is 12.2. The third-order valence-corrected chi connectivity index (χ3v) is 4.13. The average molecular weight is 361 g/mol. The van der Waals surface area contributed by atoms with Crippen LogP contribution in [0.3, 0.4) is 0 Å². The first kappa shape index (κ1) is 19.9. The zero-order valence-electron chi connectivity index (χ0n) is 16.1. The van der Waals surface area contributed by atoms with Crippen LogP contribution in [0.2, 0.25) is 0 Å². The van der Waals surface area contributed by atoms with E-state index in [4.69, 9.17) is 9.47 Å². The van der Waals surface area contributed by atoms with Crippen molar-refractivity contribution in [3.8, 4) is 5.75 Å². The van der Waals surface area contributed by atoms with Gasteiger partial charge in [-0.3, -0.25) is 19.3 Å². The second-order valence-electron chi connectivity index (χ2n) is 7.24. The Morgan fingerprint density at radius 3 is 2.50 bits per heavy atom. The molecule has 0 N–H and O–H groups in total. The van der Waals surface area contributed by atoms with Gasteiger partial charge in [0.25, 0.3) is 5.91 Å². The minimum absolute atomic E-state index is 0.0337. The van der Waals surface area contributed by atoms with Crippen LogP contribution in [0.15, 0.2) is 18.2 Å². The number of benzene rings is 1. The number of Topliss-reactive ketones (excluding diaryl/α,β-unsaturated/α-hetero) is 1. The molecular formula is C20H27NO5. The first-order valence-corrected chi connectivity index (χ1v) is 9.05. The molecule has 2 rings (SSSR count). The van der Waals surface area contributed by atoms with Gasteiger partial charge in [-0.05, 0) is 30.0 Å². The van der Waals surface area contributed by atoms with Gasteiger partial charge in [0.2, 0.25) is 0 Å². The molecule has 0 aliphatic carbocycles. The van der Waals surface area contributed by atoms with Gasteiger partial charge in [0.05, 0.1) is 12.3 Å². The highest BCUT2D eigenvalue weighted by Crippen LogP contribution is 2.36. The van der Waals surface area contributed by atoms with E-state index in [0.717, 1.165) is 0 Å². The fourth-order valence-corrected chi connectivity index (χ4v) is 2.68. The van der Waals surface area contributed by atoms with Gasteiger partial charge >= 0.3 is 5.97 Å². The minimum Gasteiger partial charge on any atom is -0.478 e. The van der Waals surface area contributed by atoms with Crippen molar-refractivity contribution in [1.82, 2.24) is 0 Å². The molecule has 0 fully saturated rings. The molecule has 1 atom stereocenters. The second kappa shape index (κ2) is 8.34. The van der Waals surface area contributed by atoms with Crippen LogP contribution in [0.1, 0.15) is 51.4 Å². The summed E-state index contributed by atoms with van der Waals surface area (Å²) in [5.74, 6) is -0.156. The highest BCUT2D eigenvalue weighted by molar-refractivity contribution is 6.05. The summed E-state index contributed by atoms with van der Waals surface area (Å²) in [7, 11) is 0. The Bertz CT molecular complexity index is 695. The predicted molar refractivity (Wildman–Crippen MR) is 98.5 cm³/mol. The molecule has 1 aromatic rings. The number of hydrogen-bond donors (Lipinski definition) is 0. The lowest BCUT2D eigenvalue weighted by molar-refractivity contribution is -0.144. The SMILES string of the molecule is CCC(=O)c1ccc2c(c1)N(CC(=O)OCC(C)C)C(=O)C(C(C)C)O2. The lowest BCUT2D eigenvalue weighted by Gasteiger charge is -2.35. The molecule has 0 aromatic heterocycles. The molecule has 0 radical (unpaired) electrons. The van der Waals surface area contributed by atoms with E-state index >= 15 is 0 Å². The highest BCUT2D eigenvalue weighted by atomic mass is 16.5. The van der Waals surface area contributed by atoms with Gasteiger partial charge in [-0.2, -0.15) is 0 Å². The number of hydrogen-bond acceptors (Lipinski definition) is 5. The van der Waals surface area contributed by atoms with E-state index in [-0.39, 0.29) is 30.1 Å². The molecule has 1 aromatic carbocycles. The average Bonchev–Trinajstić information content (AvgIpc) is 2.60. The Morgan fingerprint density at radius 1 is 1.23 bits per heavy atom. The Kier molecular flexibility index (Phi) is 6.40. The van der Waals surface area contributed by atoms with Crippen molar-refractivity contribution in [2.75, 3.05) is 18.1 Å². The summed E-state index contributed by atoms with van der Waals surface area (Å²) in [5, 5.41) is 0. The summed E-state index contributed by atoms with van der Waals surface area (Å²) < 4.78 is 11.1. The maximum absolute atomic E-state index is 12.9. The molecule has 1 amide bonds. The molecule has 1 aliphatic rings. The van der Waals surface area contributed by atoms with Gasteiger partial charge in [-0.1, -0.05) is 34.6 Å². The maximum Gasteiger partial charge on any atom is 0.326 e. The zero-order chi connectivity index (χ0) is 19.4. The van der Waals surface area contributed by atoms with E-state index in [9.17, 15) is 14.4 Å². The monoisotopic (exact) mass is 361 g/mol. The normalized spacial score (nSPS) is 16.5. The smallest absolute Gasteiger partial charge is 0.326 e. The summed E-state index contributed by atoms with van der Waals surface area (Å²) >= 11 is 0. The van der Waals surface area contributed by atoms with E-state index < -0.39 is 12.1 Å². The summed E-state index contributed by atoms with van der Waals surface area (Å²) in [4.78, 5) is 38.5. The number of carbonyl (C=O) groups is 3.